The molecule has 2 saturated heterocycles. The molecular weight excluding hydrogens is 198 g/mol. The summed E-state index contributed by atoms with van der Waals surface area (Å²) in [6.45, 7) is 8.39. The summed E-state index contributed by atoms with van der Waals surface area (Å²) in [5, 5.41) is 0. The smallest absolute Gasteiger partial charge is 0.122 e. The molecule has 0 bridgehead atoms. The molecule has 0 aromatic rings. The highest BCUT2D eigenvalue weighted by Gasteiger charge is 2.42. The van der Waals surface area contributed by atoms with Gasteiger partial charge in [0, 0.05) is 32.4 Å². The van der Waals surface area contributed by atoms with Crippen molar-refractivity contribution in [2.24, 2.45) is 0 Å². The molecule has 2 fully saturated rings. The summed E-state index contributed by atoms with van der Waals surface area (Å²) < 4.78 is 6.14. The van der Waals surface area contributed by atoms with Gasteiger partial charge in [-0.05, 0) is 25.6 Å². The van der Waals surface area contributed by atoms with Crippen molar-refractivity contribution in [1.29, 1.82) is 0 Å². The Bertz CT molecular complexity index is 333. The van der Waals surface area contributed by atoms with Crippen molar-refractivity contribution in [3.8, 4) is 0 Å². The summed E-state index contributed by atoms with van der Waals surface area (Å²) in [6, 6.07) is 0. The van der Waals surface area contributed by atoms with Gasteiger partial charge in [0.05, 0.1) is 0 Å². The fraction of sp³-hybridized carbons (Fsp3) is 0.571. The van der Waals surface area contributed by atoms with Crippen LogP contribution in [0.25, 0.3) is 0 Å². The number of ether oxygens (including phenoxy) is 1. The SMILES string of the molecule is C=C1CC2(CCN(C)CC2)O/C1=C/C=C\C. The second-order valence-electron chi connectivity index (χ2n) is 4.93. The summed E-state index contributed by atoms with van der Waals surface area (Å²) in [6.07, 6.45) is 9.32. The highest BCUT2D eigenvalue weighted by atomic mass is 16.5. The summed E-state index contributed by atoms with van der Waals surface area (Å²) in [5.74, 6) is 0.989. The Labute approximate surface area is 98.3 Å². The molecule has 0 radical (unpaired) electrons. The molecule has 2 rings (SSSR count). The van der Waals surface area contributed by atoms with E-state index in [1.807, 2.05) is 25.2 Å². The van der Waals surface area contributed by atoms with Crippen molar-refractivity contribution in [3.63, 3.8) is 0 Å². The summed E-state index contributed by atoms with van der Waals surface area (Å²) in [7, 11) is 2.17. The lowest BCUT2D eigenvalue weighted by atomic mass is 9.88. The molecule has 0 N–H and O–H groups in total. The van der Waals surface area contributed by atoms with Gasteiger partial charge in [-0.3, -0.25) is 0 Å². The maximum Gasteiger partial charge on any atom is 0.122 e. The topological polar surface area (TPSA) is 12.5 Å². The Morgan fingerprint density at radius 3 is 2.69 bits per heavy atom. The molecule has 0 unspecified atom stereocenters. The number of likely N-dealkylation sites (tertiary alicyclic amines) is 1. The maximum atomic E-state index is 6.14. The molecule has 0 aliphatic carbocycles. The minimum absolute atomic E-state index is 0.0526. The van der Waals surface area contributed by atoms with E-state index in [4.69, 9.17) is 4.74 Å². The Morgan fingerprint density at radius 1 is 1.38 bits per heavy atom. The fourth-order valence-electron chi connectivity index (χ4n) is 2.46. The molecule has 2 heteroatoms. The van der Waals surface area contributed by atoms with Gasteiger partial charge in [0.15, 0.2) is 0 Å². The molecule has 0 aromatic carbocycles. The predicted molar refractivity (Wildman–Crippen MR) is 67.2 cm³/mol. The third kappa shape index (κ3) is 2.22. The summed E-state index contributed by atoms with van der Waals surface area (Å²) in [4.78, 5) is 2.37. The minimum Gasteiger partial charge on any atom is -0.487 e. The number of hydrogen-bond acceptors (Lipinski definition) is 2. The standard InChI is InChI=1S/C14H21NO/c1-4-5-6-13-12(2)11-14(16-13)7-9-15(3)10-8-14/h4-6H,2,7-11H2,1,3H3/b5-4-,13-6+. The minimum atomic E-state index is 0.0526. The van der Waals surface area contributed by atoms with Gasteiger partial charge in [0.1, 0.15) is 11.4 Å². The summed E-state index contributed by atoms with van der Waals surface area (Å²) >= 11 is 0. The largest absolute Gasteiger partial charge is 0.487 e. The average Bonchev–Trinajstić information content (AvgIpc) is 2.58. The average molecular weight is 219 g/mol. The molecule has 0 atom stereocenters. The lowest BCUT2D eigenvalue weighted by Crippen LogP contribution is -2.42. The van der Waals surface area contributed by atoms with Crippen LogP contribution in [0.15, 0.2) is 36.1 Å². The number of allylic oxidation sites excluding steroid dienone is 4. The van der Waals surface area contributed by atoms with Crippen molar-refractivity contribution in [1.82, 2.24) is 4.90 Å². The Kier molecular flexibility index (Phi) is 3.20. The quantitative estimate of drug-likeness (QED) is 0.672. The number of rotatable bonds is 1. The molecule has 2 heterocycles. The van der Waals surface area contributed by atoms with Crippen molar-refractivity contribution in [2.45, 2.75) is 31.8 Å². The van der Waals surface area contributed by atoms with Gasteiger partial charge in [-0.15, -0.1) is 0 Å². The normalized spacial score (nSPS) is 28.1. The van der Waals surface area contributed by atoms with Crippen LogP contribution in [0.5, 0.6) is 0 Å². The first-order chi connectivity index (χ1) is 7.65. The van der Waals surface area contributed by atoms with E-state index in [0.29, 0.717) is 0 Å². The van der Waals surface area contributed by atoms with Crippen LogP contribution in [0.4, 0.5) is 0 Å². The molecule has 2 nitrogen and oxygen atoms in total. The van der Waals surface area contributed by atoms with Crippen LogP contribution in [-0.4, -0.2) is 30.6 Å². The van der Waals surface area contributed by atoms with E-state index >= 15 is 0 Å². The zero-order valence-electron chi connectivity index (χ0n) is 10.3. The molecule has 0 aromatic heterocycles. The van der Waals surface area contributed by atoms with Crippen LogP contribution in [0.3, 0.4) is 0 Å². The molecule has 1 spiro atoms. The van der Waals surface area contributed by atoms with Crippen LogP contribution in [0, 0.1) is 0 Å². The first-order valence-electron chi connectivity index (χ1n) is 6.04. The van der Waals surface area contributed by atoms with Crippen molar-refractivity contribution >= 4 is 0 Å². The van der Waals surface area contributed by atoms with Crippen LogP contribution in [0.1, 0.15) is 26.2 Å². The van der Waals surface area contributed by atoms with Crippen LogP contribution < -0.4 is 0 Å². The second kappa shape index (κ2) is 4.46. The highest BCUT2D eigenvalue weighted by Crippen LogP contribution is 2.42. The molecule has 2 aliphatic rings. The van der Waals surface area contributed by atoms with E-state index in [2.05, 4.69) is 18.5 Å². The molecule has 88 valence electrons. The van der Waals surface area contributed by atoms with Crippen LogP contribution >= 0.6 is 0 Å². The monoisotopic (exact) mass is 219 g/mol. The number of piperidine rings is 1. The predicted octanol–water partition coefficient (Wildman–Crippen LogP) is 2.89. The van der Waals surface area contributed by atoms with E-state index in [-0.39, 0.29) is 5.60 Å². The van der Waals surface area contributed by atoms with E-state index < -0.39 is 0 Å². The molecule has 0 saturated carbocycles. The fourth-order valence-corrected chi connectivity index (χ4v) is 2.46. The number of hydrogen-bond donors (Lipinski definition) is 0. The van der Waals surface area contributed by atoms with E-state index in [0.717, 1.165) is 43.7 Å². The van der Waals surface area contributed by atoms with Crippen molar-refractivity contribution in [3.05, 3.63) is 36.1 Å². The van der Waals surface area contributed by atoms with Crippen LogP contribution in [-0.2, 0) is 4.74 Å². The van der Waals surface area contributed by atoms with E-state index in [1.165, 1.54) is 0 Å². The van der Waals surface area contributed by atoms with Gasteiger partial charge in [-0.25, -0.2) is 0 Å². The van der Waals surface area contributed by atoms with E-state index in [9.17, 15) is 0 Å². The molecule has 16 heavy (non-hydrogen) atoms. The zero-order chi connectivity index (χ0) is 11.6. The van der Waals surface area contributed by atoms with Gasteiger partial charge in [0.2, 0.25) is 0 Å². The molecule has 0 amide bonds. The Hall–Kier alpha value is -1.02. The lowest BCUT2D eigenvalue weighted by molar-refractivity contribution is -0.0128. The number of nitrogens with zero attached hydrogens (tertiary/aromatic N) is 1. The Balaban J connectivity index is 2.08. The second-order valence-corrected chi connectivity index (χ2v) is 4.93. The van der Waals surface area contributed by atoms with Gasteiger partial charge in [0.25, 0.3) is 0 Å². The van der Waals surface area contributed by atoms with Gasteiger partial charge in [-0.2, -0.15) is 0 Å². The van der Waals surface area contributed by atoms with E-state index in [1.54, 1.807) is 0 Å². The zero-order valence-corrected chi connectivity index (χ0v) is 10.3. The first-order valence-corrected chi connectivity index (χ1v) is 6.04. The highest BCUT2D eigenvalue weighted by molar-refractivity contribution is 5.33. The maximum absolute atomic E-state index is 6.14. The first kappa shape index (κ1) is 11.5. The van der Waals surface area contributed by atoms with Crippen molar-refractivity contribution in [2.75, 3.05) is 20.1 Å². The van der Waals surface area contributed by atoms with Gasteiger partial charge < -0.3 is 9.64 Å². The third-order valence-electron chi connectivity index (χ3n) is 3.55. The lowest BCUT2D eigenvalue weighted by Gasteiger charge is -2.36. The van der Waals surface area contributed by atoms with Crippen LogP contribution in [0.2, 0.25) is 0 Å². The van der Waals surface area contributed by atoms with Gasteiger partial charge >= 0.3 is 0 Å². The molecule has 2 aliphatic heterocycles. The van der Waals surface area contributed by atoms with Gasteiger partial charge in [-0.1, -0.05) is 18.7 Å². The Morgan fingerprint density at radius 2 is 2.06 bits per heavy atom. The third-order valence-corrected chi connectivity index (χ3v) is 3.55. The molecular formula is C14H21NO. The van der Waals surface area contributed by atoms with Crippen molar-refractivity contribution < 1.29 is 4.74 Å². The summed E-state index contributed by atoms with van der Waals surface area (Å²) in [5.41, 5.74) is 1.21.